The summed E-state index contributed by atoms with van der Waals surface area (Å²) >= 11 is 0. The van der Waals surface area contributed by atoms with Crippen molar-refractivity contribution in [3.8, 4) is 0 Å². The summed E-state index contributed by atoms with van der Waals surface area (Å²) < 4.78 is 0. The summed E-state index contributed by atoms with van der Waals surface area (Å²) in [6.07, 6.45) is 7.85. The number of hydrogen-bond acceptors (Lipinski definition) is 1. The molecule has 0 amide bonds. The summed E-state index contributed by atoms with van der Waals surface area (Å²) in [4.78, 5) is 0. The molecule has 1 fully saturated rings. The van der Waals surface area contributed by atoms with Gasteiger partial charge in [-0.05, 0) is 43.9 Å². The third-order valence-electron chi connectivity index (χ3n) is 1.38. The summed E-state index contributed by atoms with van der Waals surface area (Å²) in [6.45, 7) is 0.742. The van der Waals surface area contributed by atoms with Gasteiger partial charge in [0.15, 0.2) is 0 Å². The summed E-state index contributed by atoms with van der Waals surface area (Å²) in [5, 5.41) is 0. The van der Waals surface area contributed by atoms with Crippen LogP contribution in [0.1, 0.15) is 19.3 Å². The van der Waals surface area contributed by atoms with Crippen LogP contribution in [0.4, 0.5) is 0 Å². The second-order valence-corrected chi connectivity index (χ2v) is 2.45. The van der Waals surface area contributed by atoms with Crippen molar-refractivity contribution in [2.45, 2.75) is 19.3 Å². The van der Waals surface area contributed by atoms with Crippen molar-refractivity contribution in [2.75, 3.05) is 6.54 Å². The van der Waals surface area contributed by atoms with Gasteiger partial charge in [0.1, 0.15) is 0 Å². The van der Waals surface area contributed by atoms with E-state index < -0.39 is 0 Å². The molecule has 0 spiro atoms. The number of hydrogen-bond donors (Lipinski definition) is 1. The summed E-state index contributed by atoms with van der Waals surface area (Å²) in [7, 11) is 0. The molecule has 1 heteroatoms. The van der Waals surface area contributed by atoms with Gasteiger partial charge in [-0.25, -0.2) is 0 Å². The van der Waals surface area contributed by atoms with Crippen LogP contribution in [-0.2, 0) is 0 Å². The Morgan fingerprint density at radius 2 is 2.33 bits per heavy atom. The van der Waals surface area contributed by atoms with Gasteiger partial charge in [-0.2, -0.15) is 0 Å². The van der Waals surface area contributed by atoms with Crippen molar-refractivity contribution in [3.05, 3.63) is 17.9 Å². The molecule has 0 radical (unpaired) electrons. The summed E-state index contributed by atoms with van der Waals surface area (Å²) in [5.41, 5.74) is 8.39. The first-order valence-electron chi connectivity index (χ1n) is 3.54. The maximum atomic E-state index is 5.28. The Morgan fingerprint density at radius 1 is 1.56 bits per heavy atom. The highest BCUT2D eigenvalue weighted by molar-refractivity contribution is 4.96. The highest BCUT2D eigenvalue weighted by atomic mass is 14.5. The Morgan fingerprint density at radius 3 is 2.89 bits per heavy atom. The van der Waals surface area contributed by atoms with Crippen molar-refractivity contribution >= 4 is 0 Å². The molecule has 1 saturated carbocycles. The average Bonchev–Trinajstić information content (AvgIpc) is 2.63. The molecule has 1 aliphatic rings. The van der Waals surface area contributed by atoms with E-state index >= 15 is 0 Å². The SMILES string of the molecule is NCCC=C=CC1CC1. The van der Waals surface area contributed by atoms with Crippen LogP contribution in [0.3, 0.4) is 0 Å². The minimum absolute atomic E-state index is 0.742. The summed E-state index contributed by atoms with van der Waals surface area (Å²) in [5.74, 6) is 0.846. The molecular weight excluding hydrogens is 110 g/mol. The Hall–Kier alpha value is -0.520. The van der Waals surface area contributed by atoms with Gasteiger partial charge in [0.05, 0.1) is 0 Å². The maximum Gasteiger partial charge on any atom is -0.00365 e. The third kappa shape index (κ3) is 3.12. The zero-order valence-electron chi connectivity index (χ0n) is 5.64. The van der Waals surface area contributed by atoms with E-state index in [-0.39, 0.29) is 0 Å². The highest BCUT2D eigenvalue weighted by Gasteiger charge is 2.16. The van der Waals surface area contributed by atoms with Crippen LogP contribution in [0.25, 0.3) is 0 Å². The molecule has 0 bridgehead atoms. The highest BCUT2D eigenvalue weighted by Crippen LogP contribution is 2.29. The maximum absolute atomic E-state index is 5.28. The van der Waals surface area contributed by atoms with Crippen molar-refractivity contribution in [2.24, 2.45) is 11.7 Å². The van der Waals surface area contributed by atoms with Crippen LogP contribution in [-0.4, -0.2) is 6.54 Å². The molecule has 1 aliphatic carbocycles. The van der Waals surface area contributed by atoms with Gasteiger partial charge in [0.2, 0.25) is 0 Å². The Kier molecular flexibility index (Phi) is 2.56. The van der Waals surface area contributed by atoms with E-state index in [2.05, 4.69) is 11.8 Å². The van der Waals surface area contributed by atoms with E-state index in [0.29, 0.717) is 0 Å². The molecule has 0 aromatic heterocycles. The topological polar surface area (TPSA) is 26.0 Å². The lowest BCUT2D eigenvalue weighted by atomic mass is 10.3. The first-order valence-corrected chi connectivity index (χ1v) is 3.54. The standard InChI is InChI=1S/C8H13N/c9-7-3-1-2-4-8-5-6-8/h1,4,8H,3,5-7,9H2. The first-order chi connectivity index (χ1) is 4.43. The predicted molar refractivity (Wildman–Crippen MR) is 39.0 cm³/mol. The zero-order chi connectivity index (χ0) is 6.53. The molecule has 9 heavy (non-hydrogen) atoms. The first kappa shape index (κ1) is 6.60. The van der Waals surface area contributed by atoms with Gasteiger partial charge in [0.25, 0.3) is 0 Å². The lowest BCUT2D eigenvalue weighted by Crippen LogP contribution is -1.94. The largest absolute Gasteiger partial charge is 0.330 e. The molecule has 0 aromatic carbocycles. The molecule has 0 atom stereocenters. The number of nitrogens with two attached hydrogens (primary N) is 1. The molecule has 1 nitrogen and oxygen atoms in total. The van der Waals surface area contributed by atoms with Crippen LogP contribution < -0.4 is 5.73 Å². The Balaban J connectivity index is 2.11. The average molecular weight is 123 g/mol. The second kappa shape index (κ2) is 3.49. The van der Waals surface area contributed by atoms with Gasteiger partial charge in [-0.15, -0.1) is 5.73 Å². The molecule has 0 aliphatic heterocycles. The molecule has 2 N–H and O–H groups in total. The van der Waals surface area contributed by atoms with Crippen molar-refractivity contribution in [1.29, 1.82) is 0 Å². The second-order valence-electron chi connectivity index (χ2n) is 2.45. The Labute approximate surface area is 56.2 Å². The van der Waals surface area contributed by atoms with E-state index in [1.807, 2.05) is 6.08 Å². The van der Waals surface area contributed by atoms with Crippen LogP contribution in [0.2, 0.25) is 0 Å². The molecule has 0 saturated heterocycles. The van der Waals surface area contributed by atoms with E-state index in [1.54, 1.807) is 0 Å². The number of rotatable bonds is 3. The smallest absolute Gasteiger partial charge is 0.00365 e. The molecule has 0 aromatic rings. The van der Waals surface area contributed by atoms with E-state index in [9.17, 15) is 0 Å². The fourth-order valence-electron chi connectivity index (χ4n) is 0.634. The quantitative estimate of drug-likeness (QED) is 0.565. The minimum Gasteiger partial charge on any atom is -0.330 e. The molecular formula is C8H13N. The van der Waals surface area contributed by atoms with Crippen LogP contribution >= 0.6 is 0 Å². The van der Waals surface area contributed by atoms with Crippen molar-refractivity contribution < 1.29 is 0 Å². The van der Waals surface area contributed by atoms with E-state index in [0.717, 1.165) is 18.9 Å². The van der Waals surface area contributed by atoms with Crippen LogP contribution in [0.15, 0.2) is 17.9 Å². The summed E-state index contributed by atoms with van der Waals surface area (Å²) in [6, 6.07) is 0. The fraction of sp³-hybridized carbons (Fsp3) is 0.625. The van der Waals surface area contributed by atoms with Crippen molar-refractivity contribution in [3.63, 3.8) is 0 Å². The van der Waals surface area contributed by atoms with Crippen molar-refractivity contribution in [1.82, 2.24) is 0 Å². The normalized spacial score (nSPS) is 16.6. The van der Waals surface area contributed by atoms with E-state index in [1.165, 1.54) is 12.8 Å². The Bertz CT molecular complexity index is 128. The van der Waals surface area contributed by atoms with Gasteiger partial charge >= 0.3 is 0 Å². The van der Waals surface area contributed by atoms with Crippen LogP contribution in [0, 0.1) is 5.92 Å². The minimum atomic E-state index is 0.742. The van der Waals surface area contributed by atoms with Gasteiger partial charge in [-0.1, -0.05) is 0 Å². The van der Waals surface area contributed by atoms with Gasteiger partial charge < -0.3 is 5.73 Å². The third-order valence-corrected chi connectivity index (χ3v) is 1.38. The molecule has 0 unspecified atom stereocenters. The molecule has 1 rings (SSSR count). The lowest BCUT2D eigenvalue weighted by molar-refractivity contribution is 1.01. The van der Waals surface area contributed by atoms with Gasteiger partial charge in [0, 0.05) is 0 Å². The van der Waals surface area contributed by atoms with Gasteiger partial charge in [-0.3, -0.25) is 0 Å². The molecule has 50 valence electrons. The predicted octanol–water partition coefficient (Wildman–Crippen LogP) is 1.46. The zero-order valence-corrected chi connectivity index (χ0v) is 5.64. The van der Waals surface area contributed by atoms with Crippen LogP contribution in [0.5, 0.6) is 0 Å². The fourth-order valence-corrected chi connectivity index (χ4v) is 0.634. The van der Waals surface area contributed by atoms with E-state index in [4.69, 9.17) is 5.73 Å². The molecule has 0 heterocycles. The monoisotopic (exact) mass is 123 g/mol. The lowest BCUT2D eigenvalue weighted by Gasteiger charge is -1.77.